The highest BCUT2D eigenvalue weighted by Crippen LogP contribution is 2.43. The Labute approximate surface area is 109 Å². The maximum atomic E-state index is 9.40. The Morgan fingerprint density at radius 1 is 1.50 bits per heavy atom. The van der Waals surface area contributed by atoms with E-state index in [0.29, 0.717) is 0 Å². The standard InChI is InChI=1S/C15H23NO2/c1-11(16)15(8-9-17)7-3-4-12-5-6-13(18-2)10-14(12)15/h5-6,10-11,17H,3-4,7-9,16H2,1-2H3. The molecule has 1 aromatic carbocycles. The average molecular weight is 249 g/mol. The van der Waals surface area contributed by atoms with E-state index in [9.17, 15) is 5.11 Å². The molecule has 18 heavy (non-hydrogen) atoms. The van der Waals surface area contributed by atoms with E-state index < -0.39 is 0 Å². The van der Waals surface area contributed by atoms with Crippen molar-refractivity contribution in [3.63, 3.8) is 0 Å². The molecule has 0 saturated heterocycles. The molecule has 0 spiro atoms. The lowest BCUT2D eigenvalue weighted by Gasteiger charge is -2.42. The topological polar surface area (TPSA) is 55.5 Å². The second kappa shape index (κ2) is 5.29. The lowest BCUT2D eigenvalue weighted by atomic mass is 9.64. The molecule has 0 aliphatic heterocycles. The lowest BCUT2D eigenvalue weighted by molar-refractivity contribution is 0.200. The van der Waals surface area contributed by atoms with Crippen LogP contribution in [-0.2, 0) is 11.8 Å². The molecule has 3 N–H and O–H groups in total. The molecule has 1 aliphatic rings. The molecule has 2 rings (SSSR count). The third-order valence-electron chi connectivity index (χ3n) is 4.35. The fraction of sp³-hybridized carbons (Fsp3) is 0.600. The van der Waals surface area contributed by atoms with Crippen LogP contribution in [0.1, 0.15) is 37.3 Å². The second-order valence-corrected chi connectivity index (χ2v) is 5.30. The van der Waals surface area contributed by atoms with Gasteiger partial charge in [0.15, 0.2) is 0 Å². The smallest absolute Gasteiger partial charge is 0.119 e. The first-order chi connectivity index (χ1) is 8.64. The number of hydrogen-bond donors (Lipinski definition) is 2. The van der Waals surface area contributed by atoms with Gasteiger partial charge in [-0.25, -0.2) is 0 Å². The van der Waals surface area contributed by atoms with Crippen LogP contribution in [0.3, 0.4) is 0 Å². The summed E-state index contributed by atoms with van der Waals surface area (Å²) in [5, 5.41) is 9.40. The molecule has 0 amide bonds. The monoisotopic (exact) mass is 249 g/mol. The number of fused-ring (bicyclic) bond motifs is 1. The number of methoxy groups -OCH3 is 1. The summed E-state index contributed by atoms with van der Waals surface area (Å²) in [7, 11) is 1.68. The highest BCUT2D eigenvalue weighted by atomic mass is 16.5. The highest BCUT2D eigenvalue weighted by molar-refractivity contribution is 5.43. The van der Waals surface area contributed by atoms with E-state index in [-0.39, 0.29) is 18.1 Å². The van der Waals surface area contributed by atoms with E-state index in [2.05, 4.69) is 12.1 Å². The minimum Gasteiger partial charge on any atom is -0.497 e. The summed E-state index contributed by atoms with van der Waals surface area (Å²) in [5.41, 5.74) is 8.77. The van der Waals surface area contributed by atoms with Gasteiger partial charge in [0.1, 0.15) is 5.75 Å². The molecule has 0 aromatic heterocycles. The van der Waals surface area contributed by atoms with E-state index in [4.69, 9.17) is 10.5 Å². The number of ether oxygens (including phenoxy) is 1. The number of rotatable bonds is 4. The number of hydrogen-bond acceptors (Lipinski definition) is 3. The van der Waals surface area contributed by atoms with Crippen molar-refractivity contribution in [1.82, 2.24) is 0 Å². The van der Waals surface area contributed by atoms with Crippen molar-refractivity contribution in [3.05, 3.63) is 29.3 Å². The van der Waals surface area contributed by atoms with Gasteiger partial charge in [0.05, 0.1) is 7.11 Å². The molecule has 1 aromatic rings. The first-order valence-electron chi connectivity index (χ1n) is 6.68. The summed E-state index contributed by atoms with van der Waals surface area (Å²) in [5.74, 6) is 0.874. The number of aliphatic hydroxyl groups is 1. The van der Waals surface area contributed by atoms with E-state index in [0.717, 1.165) is 31.4 Å². The maximum Gasteiger partial charge on any atom is 0.119 e. The van der Waals surface area contributed by atoms with Crippen LogP contribution in [0, 0.1) is 0 Å². The zero-order valence-electron chi connectivity index (χ0n) is 11.3. The summed E-state index contributed by atoms with van der Waals surface area (Å²) in [6.45, 7) is 2.22. The van der Waals surface area contributed by atoms with Crippen molar-refractivity contribution in [1.29, 1.82) is 0 Å². The van der Waals surface area contributed by atoms with Crippen LogP contribution in [0.5, 0.6) is 5.75 Å². The molecule has 100 valence electrons. The number of benzene rings is 1. The number of aliphatic hydroxyl groups excluding tert-OH is 1. The molecule has 3 nitrogen and oxygen atoms in total. The Hall–Kier alpha value is -1.06. The molecular weight excluding hydrogens is 226 g/mol. The second-order valence-electron chi connectivity index (χ2n) is 5.30. The number of nitrogens with two attached hydrogens (primary N) is 1. The summed E-state index contributed by atoms with van der Waals surface area (Å²) >= 11 is 0. The molecular formula is C15H23NO2. The minimum atomic E-state index is -0.100. The minimum absolute atomic E-state index is 0.0378. The summed E-state index contributed by atoms with van der Waals surface area (Å²) in [6, 6.07) is 6.29. The molecule has 0 saturated carbocycles. The summed E-state index contributed by atoms with van der Waals surface area (Å²) in [6.07, 6.45) is 4.01. The van der Waals surface area contributed by atoms with Crippen LogP contribution in [0.2, 0.25) is 0 Å². The Balaban J connectivity index is 2.52. The Kier molecular flexibility index (Phi) is 3.93. The van der Waals surface area contributed by atoms with Gasteiger partial charge in [0.2, 0.25) is 0 Å². The van der Waals surface area contributed by atoms with Crippen LogP contribution in [0.4, 0.5) is 0 Å². The van der Waals surface area contributed by atoms with Gasteiger partial charge in [-0.15, -0.1) is 0 Å². The largest absolute Gasteiger partial charge is 0.497 e. The third kappa shape index (κ3) is 2.13. The average Bonchev–Trinajstić information content (AvgIpc) is 2.38. The quantitative estimate of drug-likeness (QED) is 0.858. The van der Waals surface area contributed by atoms with Crippen LogP contribution in [0.25, 0.3) is 0 Å². The van der Waals surface area contributed by atoms with E-state index in [1.54, 1.807) is 7.11 Å². The predicted octanol–water partition coefficient (Wildman–Crippen LogP) is 2.00. The van der Waals surface area contributed by atoms with Gasteiger partial charge in [-0.05, 0) is 55.9 Å². The normalized spacial score (nSPS) is 24.4. The van der Waals surface area contributed by atoms with E-state index in [1.807, 2.05) is 13.0 Å². The van der Waals surface area contributed by atoms with Crippen molar-refractivity contribution in [2.75, 3.05) is 13.7 Å². The molecule has 2 atom stereocenters. The third-order valence-corrected chi connectivity index (χ3v) is 4.35. The molecule has 0 bridgehead atoms. The van der Waals surface area contributed by atoms with Gasteiger partial charge >= 0.3 is 0 Å². The van der Waals surface area contributed by atoms with Crippen LogP contribution in [-0.4, -0.2) is 24.9 Å². The van der Waals surface area contributed by atoms with E-state index in [1.165, 1.54) is 11.1 Å². The fourth-order valence-electron chi connectivity index (χ4n) is 3.25. The molecule has 3 heteroatoms. The maximum absolute atomic E-state index is 9.40. The van der Waals surface area contributed by atoms with Crippen molar-refractivity contribution in [2.45, 2.75) is 44.1 Å². The Morgan fingerprint density at radius 3 is 2.89 bits per heavy atom. The van der Waals surface area contributed by atoms with Gasteiger partial charge < -0.3 is 15.6 Å². The molecule has 0 radical (unpaired) electrons. The van der Waals surface area contributed by atoms with Gasteiger partial charge in [-0.1, -0.05) is 6.07 Å². The van der Waals surface area contributed by atoms with Crippen molar-refractivity contribution in [3.8, 4) is 5.75 Å². The van der Waals surface area contributed by atoms with Crippen LogP contribution in [0.15, 0.2) is 18.2 Å². The zero-order chi connectivity index (χ0) is 13.2. The first-order valence-corrected chi connectivity index (χ1v) is 6.68. The lowest BCUT2D eigenvalue weighted by Crippen LogP contribution is -2.46. The fourth-order valence-corrected chi connectivity index (χ4v) is 3.25. The van der Waals surface area contributed by atoms with E-state index >= 15 is 0 Å². The number of aryl methyl sites for hydroxylation is 1. The highest BCUT2D eigenvalue weighted by Gasteiger charge is 2.39. The zero-order valence-corrected chi connectivity index (χ0v) is 11.3. The summed E-state index contributed by atoms with van der Waals surface area (Å²) in [4.78, 5) is 0. The summed E-state index contributed by atoms with van der Waals surface area (Å²) < 4.78 is 5.33. The van der Waals surface area contributed by atoms with Gasteiger partial charge in [-0.2, -0.15) is 0 Å². The molecule has 0 fully saturated rings. The van der Waals surface area contributed by atoms with Crippen molar-refractivity contribution >= 4 is 0 Å². The predicted molar refractivity (Wildman–Crippen MR) is 73.0 cm³/mol. The van der Waals surface area contributed by atoms with Gasteiger partial charge in [0, 0.05) is 18.1 Å². The van der Waals surface area contributed by atoms with Crippen molar-refractivity contribution < 1.29 is 9.84 Å². The Morgan fingerprint density at radius 2 is 2.28 bits per heavy atom. The van der Waals surface area contributed by atoms with Crippen LogP contribution >= 0.6 is 0 Å². The molecule has 0 heterocycles. The van der Waals surface area contributed by atoms with Crippen molar-refractivity contribution in [2.24, 2.45) is 5.73 Å². The molecule has 2 unspecified atom stereocenters. The van der Waals surface area contributed by atoms with Crippen LogP contribution < -0.4 is 10.5 Å². The Bertz CT molecular complexity index is 417. The SMILES string of the molecule is COc1ccc2c(c1)C(CCO)(C(C)N)CCC2. The first kappa shape index (κ1) is 13.4. The van der Waals surface area contributed by atoms with Gasteiger partial charge in [-0.3, -0.25) is 0 Å². The molecule has 1 aliphatic carbocycles. The van der Waals surface area contributed by atoms with Gasteiger partial charge in [0.25, 0.3) is 0 Å².